The summed E-state index contributed by atoms with van der Waals surface area (Å²) in [5.41, 5.74) is 6.79. The molecule has 2 amide bonds. The molecular weight excluding hydrogens is 434 g/mol. The molecule has 2 aromatic carbocycles. The molecule has 0 saturated heterocycles. The summed E-state index contributed by atoms with van der Waals surface area (Å²) in [4.78, 5) is 23.2. The van der Waals surface area contributed by atoms with Gasteiger partial charge in [-0.2, -0.15) is 5.10 Å². The number of carbonyl (C=O) groups excluding carboxylic acids is 2. The first-order valence-electron chi connectivity index (χ1n) is 9.31. The number of carbonyl (C=O) groups is 2. The Morgan fingerprint density at radius 1 is 1.14 bits per heavy atom. The van der Waals surface area contributed by atoms with Crippen LogP contribution in [0.15, 0.2) is 46.0 Å². The van der Waals surface area contributed by atoms with Gasteiger partial charge in [-0.25, -0.2) is 5.43 Å². The maximum absolute atomic E-state index is 12.2. The molecule has 2 aromatic rings. The number of ether oxygens (including phenoxy) is 1. The molecule has 0 atom stereocenters. The van der Waals surface area contributed by atoms with Gasteiger partial charge in [0.2, 0.25) is 5.91 Å². The lowest BCUT2D eigenvalue weighted by atomic mass is 10.0. The lowest BCUT2D eigenvalue weighted by molar-refractivity contribution is -0.123. The lowest BCUT2D eigenvalue weighted by Crippen LogP contribution is -2.26. The largest absolute Gasteiger partial charge is 0.483 e. The zero-order chi connectivity index (χ0) is 21.6. The minimum absolute atomic E-state index is 0.126. The summed E-state index contributed by atoms with van der Waals surface area (Å²) in [5, 5.41) is 6.83. The van der Waals surface area contributed by atoms with Crippen molar-refractivity contribution in [2.45, 2.75) is 40.5 Å². The summed E-state index contributed by atoms with van der Waals surface area (Å²) in [5.74, 6) is 0.502. The van der Waals surface area contributed by atoms with Gasteiger partial charge in [0.15, 0.2) is 6.61 Å². The minimum atomic E-state index is -0.338. The lowest BCUT2D eigenvalue weighted by Gasteiger charge is -2.15. The third kappa shape index (κ3) is 6.71. The van der Waals surface area contributed by atoms with E-state index in [2.05, 4.69) is 45.6 Å². The Labute approximate surface area is 179 Å². The fraction of sp³-hybridized carbons (Fsp3) is 0.318. The summed E-state index contributed by atoms with van der Waals surface area (Å²) >= 11 is 3.53. The Kier molecular flexibility index (Phi) is 7.96. The highest BCUT2D eigenvalue weighted by Gasteiger charge is 2.12. The van der Waals surface area contributed by atoms with Crippen molar-refractivity contribution >= 4 is 39.1 Å². The van der Waals surface area contributed by atoms with Crippen LogP contribution < -0.4 is 15.5 Å². The minimum Gasteiger partial charge on any atom is -0.483 e. The van der Waals surface area contributed by atoms with Gasteiger partial charge in [0.25, 0.3) is 5.91 Å². The van der Waals surface area contributed by atoms with Gasteiger partial charge in [-0.05, 0) is 60.7 Å². The summed E-state index contributed by atoms with van der Waals surface area (Å²) < 4.78 is 6.76. The number of hydrazone groups is 1. The molecule has 2 rings (SSSR count). The number of halogens is 1. The van der Waals surface area contributed by atoms with Crippen LogP contribution in [0.4, 0.5) is 5.69 Å². The van der Waals surface area contributed by atoms with Crippen LogP contribution in [0, 0.1) is 6.92 Å². The van der Waals surface area contributed by atoms with Gasteiger partial charge in [0, 0.05) is 17.1 Å². The van der Waals surface area contributed by atoms with E-state index in [0.29, 0.717) is 17.1 Å². The molecule has 0 radical (unpaired) electrons. The molecule has 6 nitrogen and oxygen atoms in total. The van der Waals surface area contributed by atoms with Crippen LogP contribution >= 0.6 is 15.9 Å². The van der Waals surface area contributed by atoms with Crippen LogP contribution in [0.3, 0.4) is 0 Å². The van der Waals surface area contributed by atoms with E-state index >= 15 is 0 Å². The van der Waals surface area contributed by atoms with Crippen molar-refractivity contribution in [3.63, 3.8) is 0 Å². The van der Waals surface area contributed by atoms with E-state index in [1.807, 2.05) is 31.2 Å². The molecule has 0 aliphatic rings. The number of anilines is 1. The number of hydrogen-bond donors (Lipinski definition) is 2. The average molecular weight is 460 g/mol. The highest BCUT2D eigenvalue weighted by molar-refractivity contribution is 9.10. The number of rotatable bonds is 7. The fourth-order valence-corrected chi connectivity index (χ4v) is 2.99. The van der Waals surface area contributed by atoms with E-state index in [0.717, 1.165) is 21.2 Å². The molecule has 0 bridgehead atoms. The van der Waals surface area contributed by atoms with E-state index in [1.54, 1.807) is 19.1 Å². The smallest absolute Gasteiger partial charge is 0.277 e. The molecule has 154 valence electrons. The van der Waals surface area contributed by atoms with Crippen LogP contribution in [0.1, 0.15) is 50.3 Å². The van der Waals surface area contributed by atoms with Gasteiger partial charge in [-0.1, -0.05) is 41.9 Å². The van der Waals surface area contributed by atoms with E-state index in [-0.39, 0.29) is 24.3 Å². The second kappa shape index (κ2) is 10.2. The van der Waals surface area contributed by atoms with Gasteiger partial charge >= 0.3 is 0 Å². The maximum atomic E-state index is 12.2. The number of amides is 2. The average Bonchev–Trinajstić information content (AvgIpc) is 2.66. The molecular formula is C22H26BrN3O3. The van der Waals surface area contributed by atoms with Crippen LogP contribution in [-0.4, -0.2) is 24.1 Å². The van der Waals surface area contributed by atoms with E-state index in [4.69, 9.17) is 4.74 Å². The molecule has 0 heterocycles. The second-order valence-corrected chi connectivity index (χ2v) is 7.93. The van der Waals surface area contributed by atoms with Gasteiger partial charge in [-0.3, -0.25) is 9.59 Å². The molecule has 0 aromatic heterocycles. The Morgan fingerprint density at radius 3 is 2.38 bits per heavy atom. The van der Waals surface area contributed by atoms with Gasteiger partial charge in [-0.15, -0.1) is 0 Å². The van der Waals surface area contributed by atoms with Crippen molar-refractivity contribution in [2.75, 3.05) is 11.9 Å². The van der Waals surface area contributed by atoms with Crippen molar-refractivity contribution < 1.29 is 14.3 Å². The molecule has 2 N–H and O–H groups in total. The third-order valence-electron chi connectivity index (χ3n) is 4.24. The van der Waals surface area contributed by atoms with Crippen LogP contribution in [-0.2, 0) is 9.59 Å². The van der Waals surface area contributed by atoms with E-state index in [1.165, 1.54) is 6.92 Å². The first-order chi connectivity index (χ1) is 13.7. The summed E-state index contributed by atoms with van der Waals surface area (Å²) in [6.07, 6.45) is 0. The van der Waals surface area contributed by atoms with Crippen molar-refractivity contribution in [2.24, 2.45) is 5.10 Å². The molecule has 0 fully saturated rings. The Morgan fingerprint density at radius 2 is 1.79 bits per heavy atom. The maximum Gasteiger partial charge on any atom is 0.277 e. The van der Waals surface area contributed by atoms with Crippen molar-refractivity contribution in [3.8, 4) is 5.75 Å². The monoisotopic (exact) mass is 459 g/mol. The Hall–Kier alpha value is -2.67. The van der Waals surface area contributed by atoms with Crippen molar-refractivity contribution in [1.29, 1.82) is 0 Å². The predicted molar refractivity (Wildman–Crippen MR) is 120 cm³/mol. The fourth-order valence-electron chi connectivity index (χ4n) is 2.63. The molecule has 0 saturated carbocycles. The van der Waals surface area contributed by atoms with Crippen molar-refractivity contribution in [3.05, 3.63) is 57.6 Å². The Balaban J connectivity index is 1.97. The highest BCUT2D eigenvalue weighted by Crippen LogP contribution is 2.32. The van der Waals surface area contributed by atoms with Gasteiger partial charge in [0.1, 0.15) is 5.75 Å². The number of aryl methyl sites for hydroxylation is 1. The number of nitrogens with one attached hydrogen (secondary N) is 2. The predicted octanol–water partition coefficient (Wildman–Crippen LogP) is 4.76. The SMILES string of the molecule is CC(=O)Nc1ccc(/C(C)=N/NC(=O)COc2cc(C)c(Br)cc2C(C)C)cc1. The molecule has 29 heavy (non-hydrogen) atoms. The standard InChI is InChI=1S/C22H26BrN3O3/c1-13(2)19-11-20(23)14(3)10-21(19)29-12-22(28)26-25-15(4)17-6-8-18(9-7-17)24-16(5)27/h6-11,13H,12H2,1-5H3,(H,24,27)(H,26,28)/b25-15+. The molecule has 0 aliphatic carbocycles. The summed E-state index contributed by atoms with van der Waals surface area (Å²) in [7, 11) is 0. The van der Waals surface area contributed by atoms with Gasteiger partial charge < -0.3 is 10.1 Å². The molecule has 7 heteroatoms. The number of nitrogens with zero attached hydrogens (tertiary/aromatic N) is 1. The van der Waals surface area contributed by atoms with Crippen LogP contribution in [0.2, 0.25) is 0 Å². The second-order valence-electron chi connectivity index (χ2n) is 7.07. The quantitative estimate of drug-likeness (QED) is 0.462. The van der Waals surface area contributed by atoms with Crippen LogP contribution in [0.25, 0.3) is 0 Å². The van der Waals surface area contributed by atoms with E-state index in [9.17, 15) is 9.59 Å². The first-order valence-corrected chi connectivity index (χ1v) is 10.1. The molecule has 0 spiro atoms. The van der Waals surface area contributed by atoms with Crippen LogP contribution in [0.5, 0.6) is 5.75 Å². The van der Waals surface area contributed by atoms with Crippen molar-refractivity contribution in [1.82, 2.24) is 5.43 Å². The summed E-state index contributed by atoms with van der Waals surface area (Å²) in [6.45, 7) is 9.26. The zero-order valence-corrected chi connectivity index (χ0v) is 18.9. The highest BCUT2D eigenvalue weighted by atomic mass is 79.9. The first kappa shape index (κ1) is 22.6. The topological polar surface area (TPSA) is 79.8 Å². The molecule has 0 unspecified atom stereocenters. The Bertz CT molecular complexity index is 922. The summed E-state index contributed by atoms with van der Waals surface area (Å²) in [6, 6.07) is 11.2. The number of benzene rings is 2. The zero-order valence-electron chi connectivity index (χ0n) is 17.3. The normalized spacial score (nSPS) is 11.3. The van der Waals surface area contributed by atoms with Gasteiger partial charge in [0.05, 0.1) is 5.71 Å². The number of hydrogen-bond acceptors (Lipinski definition) is 4. The third-order valence-corrected chi connectivity index (χ3v) is 5.10. The van der Waals surface area contributed by atoms with E-state index < -0.39 is 0 Å². The molecule has 0 aliphatic heterocycles.